The van der Waals surface area contributed by atoms with Crippen molar-refractivity contribution in [3.05, 3.63) is 70.8 Å². The second-order valence-electron chi connectivity index (χ2n) is 5.93. The van der Waals surface area contributed by atoms with Gasteiger partial charge in [0, 0.05) is 5.75 Å². The van der Waals surface area contributed by atoms with Crippen LogP contribution in [0.3, 0.4) is 0 Å². The molecule has 0 saturated carbocycles. The van der Waals surface area contributed by atoms with Gasteiger partial charge in [-0.3, -0.25) is 4.79 Å². The van der Waals surface area contributed by atoms with E-state index in [-0.39, 0.29) is 11.9 Å². The zero-order valence-corrected chi connectivity index (χ0v) is 15.0. The number of hydrogen-bond acceptors (Lipinski definition) is 2. The van der Waals surface area contributed by atoms with E-state index in [1.807, 2.05) is 18.2 Å². The Hall–Kier alpha value is -1.74. The van der Waals surface area contributed by atoms with Crippen LogP contribution in [-0.4, -0.2) is 11.7 Å². The van der Waals surface area contributed by atoms with E-state index in [1.54, 1.807) is 11.8 Å². The first-order chi connectivity index (χ1) is 11.1. The number of carbonyl (C=O) groups is 1. The van der Waals surface area contributed by atoms with E-state index in [0.717, 1.165) is 12.2 Å². The van der Waals surface area contributed by atoms with Crippen molar-refractivity contribution in [2.24, 2.45) is 0 Å². The molecule has 0 aliphatic carbocycles. The van der Waals surface area contributed by atoms with Crippen molar-refractivity contribution < 1.29 is 4.79 Å². The van der Waals surface area contributed by atoms with Gasteiger partial charge < -0.3 is 5.32 Å². The van der Waals surface area contributed by atoms with Crippen molar-refractivity contribution in [1.29, 1.82) is 0 Å². The van der Waals surface area contributed by atoms with E-state index < -0.39 is 0 Å². The van der Waals surface area contributed by atoms with Crippen molar-refractivity contribution in [3.63, 3.8) is 0 Å². The summed E-state index contributed by atoms with van der Waals surface area (Å²) in [6.07, 6.45) is 0.900. The Kier molecular flexibility index (Phi) is 6.72. The molecule has 1 N–H and O–H groups in total. The summed E-state index contributed by atoms with van der Waals surface area (Å²) in [7, 11) is 0. The maximum atomic E-state index is 12.2. The Labute approximate surface area is 143 Å². The summed E-state index contributed by atoms with van der Waals surface area (Å²) in [6.45, 7) is 6.32. The Bertz CT molecular complexity index is 619. The summed E-state index contributed by atoms with van der Waals surface area (Å²) < 4.78 is 0. The summed E-state index contributed by atoms with van der Waals surface area (Å²) in [5.74, 6) is 1.48. The maximum absolute atomic E-state index is 12.2. The van der Waals surface area contributed by atoms with Gasteiger partial charge >= 0.3 is 0 Å². The Morgan fingerprint density at radius 1 is 1.09 bits per heavy atom. The van der Waals surface area contributed by atoms with Gasteiger partial charge in [0.1, 0.15) is 0 Å². The first-order valence-electron chi connectivity index (χ1n) is 8.07. The van der Waals surface area contributed by atoms with Gasteiger partial charge in [-0.2, -0.15) is 0 Å². The monoisotopic (exact) mass is 327 g/mol. The summed E-state index contributed by atoms with van der Waals surface area (Å²) in [5.41, 5.74) is 5.01. The molecule has 0 heterocycles. The van der Waals surface area contributed by atoms with Gasteiger partial charge in [0.15, 0.2) is 0 Å². The highest BCUT2D eigenvalue weighted by atomic mass is 32.2. The maximum Gasteiger partial charge on any atom is 0.230 e. The molecular formula is C20H25NOS. The van der Waals surface area contributed by atoms with Gasteiger partial charge in [-0.05, 0) is 31.4 Å². The summed E-state index contributed by atoms with van der Waals surface area (Å²) in [6, 6.07) is 16.8. The molecule has 1 amide bonds. The molecule has 2 rings (SSSR count). The van der Waals surface area contributed by atoms with Crippen LogP contribution in [0.1, 0.15) is 41.6 Å². The minimum Gasteiger partial charge on any atom is -0.349 e. The van der Waals surface area contributed by atoms with Crippen LogP contribution in [0.15, 0.2) is 48.5 Å². The largest absolute Gasteiger partial charge is 0.349 e. The number of rotatable bonds is 7. The smallest absolute Gasteiger partial charge is 0.230 e. The van der Waals surface area contributed by atoms with E-state index in [1.165, 1.54) is 22.3 Å². The van der Waals surface area contributed by atoms with Crippen molar-refractivity contribution in [2.75, 3.05) is 5.75 Å². The van der Waals surface area contributed by atoms with Gasteiger partial charge in [-0.15, -0.1) is 11.8 Å². The zero-order chi connectivity index (χ0) is 16.7. The van der Waals surface area contributed by atoms with E-state index in [9.17, 15) is 4.79 Å². The molecule has 0 aliphatic heterocycles. The van der Waals surface area contributed by atoms with Crippen molar-refractivity contribution in [3.8, 4) is 0 Å². The molecule has 1 atom stereocenters. The molecule has 0 unspecified atom stereocenters. The highest BCUT2D eigenvalue weighted by Crippen LogP contribution is 2.18. The van der Waals surface area contributed by atoms with Crippen molar-refractivity contribution >= 4 is 17.7 Å². The molecule has 0 spiro atoms. The number of amides is 1. The van der Waals surface area contributed by atoms with E-state index in [2.05, 4.69) is 56.4 Å². The van der Waals surface area contributed by atoms with Crippen LogP contribution in [0.5, 0.6) is 0 Å². The molecule has 122 valence electrons. The van der Waals surface area contributed by atoms with Crippen LogP contribution in [0.4, 0.5) is 0 Å². The molecule has 2 aromatic rings. The average molecular weight is 327 g/mol. The number of hydrogen-bond donors (Lipinski definition) is 1. The van der Waals surface area contributed by atoms with Crippen LogP contribution < -0.4 is 5.32 Å². The average Bonchev–Trinajstić information content (AvgIpc) is 2.52. The zero-order valence-electron chi connectivity index (χ0n) is 14.1. The minimum atomic E-state index is 0.102. The summed E-state index contributed by atoms with van der Waals surface area (Å²) >= 11 is 1.67. The lowest BCUT2D eigenvalue weighted by Crippen LogP contribution is -2.29. The minimum absolute atomic E-state index is 0.102. The van der Waals surface area contributed by atoms with Crippen LogP contribution in [0.25, 0.3) is 0 Å². The van der Waals surface area contributed by atoms with Crippen LogP contribution >= 0.6 is 11.8 Å². The third kappa shape index (κ3) is 5.76. The molecule has 3 heteroatoms. The summed E-state index contributed by atoms with van der Waals surface area (Å²) in [4.78, 5) is 12.2. The van der Waals surface area contributed by atoms with Crippen molar-refractivity contribution in [2.45, 2.75) is 39.0 Å². The molecule has 0 aromatic heterocycles. The number of benzene rings is 2. The highest BCUT2D eigenvalue weighted by Gasteiger charge is 2.12. The van der Waals surface area contributed by atoms with Crippen molar-refractivity contribution in [1.82, 2.24) is 5.32 Å². The number of nitrogens with one attached hydrogen (secondary N) is 1. The van der Waals surface area contributed by atoms with E-state index in [0.29, 0.717) is 5.75 Å². The SMILES string of the molecule is CC[C@H](NC(=O)CSCc1cc(C)cc(C)c1)c1ccccc1. The van der Waals surface area contributed by atoms with Gasteiger partial charge in [0.05, 0.1) is 11.8 Å². The van der Waals surface area contributed by atoms with Gasteiger partial charge in [-0.1, -0.05) is 66.6 Å². The highest BCUT2D eigenvalue weighted by molar-refractivity contribution is 7.99. The van der Waals surface area contributed by atoms with Gasteiger partial charge in [0.2, 0.25) is 5.91 Å². The van der Waals surface area contributed by atoms with Gasteiger partial charge in [0.25, 0.3) is 0 Å². The second-order valence-corrected chi connectivity index (χ2v) is 6.91. The molecular weight excluding hydrogens is 302 g/mol. The Balaban J connectivity index is 1.82. The molecule has 0 bridgehead atoms. The fourth-order valence-corrected chi connectivity index (χ4v) is 3.53. The number of thioether (sulfide) groups is 1. The second kappa shape index (κ2) is 8.78. The fourth-order valence-electron chi connectivity index (χ4n) is 2.76. The van der Waals surface area contributed by atoms with E-state index >= 15 is 0 Å². The molecule has 0 aliphatic rings. The molecule has 2 aromatic carbocycles. The normalized spacial score (nSPS) is 12.0. The molecule has 0 radical (unpaired) electrons. The quantitative estimate of drug-likeness (QED) is 0.791. The third-order valence-corrected chi connectivity index (χ3v) is 4.73. The Morgan fingerprint density at radius 2 is 1.74 bits per heavy atom. The van der Waals surface area contributed by atoms with E-state index in [4.69, 9.17) is 0 Å². The lowest BCUT2D eigenvalue weighted by Gasteiger charge is -2.17. The topological polar surface area (TPSA) is 29.1 Å². The first kappa shape index (κ1) is 17.6. The standard InChI is InChI=1S/C20H25NOS/c1-4-19(18-8-6-5-7-9-18)21-20(22)14-23-13-17-11-15(2)10-16(3)12-17/h5-12,19H,4,13-14H2,1-3H3,(H,21,22)/t19-/m0/s1. The van der Waals surface area contributed by atoms with Crippen LogP contribution in [0, 0.1) is 13.8 Å². The predicted octanol–water partition coefficient (Wildman–Crippen LogP) is 4.80. The molecule has 0 saturated heterocycles. The number of aryl methyl sites for hydroxylation is 2. The fraction of sp³-hybridized carbons (Fsp3) is 0.350. The number of carbonyl (C=O) groups excluding carboxylic acids is 1. The lowest BCUT2D eigenvalue weighted by molar-refractivity contribution is -0.119. The van der Waals surface area contributed by atoms with Gasteiger partial charge in [-0.25, -0.2) is 0 Å². The molecule has 0 fully saturated rings. The molecule has 2 nitrogen and oxygen atoms in total. The predicted molar refractivity (Wildman–Crippen MR) is 99.7 cm³/mol. The molecule has 23 heavy (non-hydrogen) atoms. The summed E-state index contributed by atoms with van der Waals surface area (Å²) in [5, 5.41) is 3.13. The Morgan fingerprint density at radius 3 is 2.35 bits per heavy atom. The van der Waals surface area contributed by atoms with Crippen LogP contribution in [0.2, 0.25) is 0 Å². The third-order valence-electron chi connectivity index (χ3n) is 3.73. The lowest BCUT2D eigenvalue weighted by atomic mass is 10.0. The first-order valence-corrected chi connectivity index (χ1v) is 9.23. The van der Waals surface area contributed by atoms with Crippen LogP contribution in [-0.2, 0) is 10.5 Å².